The summed E-state index contributed by atoms with van der Waals surface area (Å²) in [6, 6.07) is 12.5. The second kappa shape index (κ2) is 8.51. The van der Waals surface area contributed by atoms with Gasteiger partial charge in [-0.3, -0.25) is 14.5 Å². The maximum absolute atomic E-state index is 12.3. The van der Waals surface area contributed by atoms with Crippen LogP contribution in [0.2, 0.25) is 0 Å². The smallest absolute Gasteiger partial charge is 0.272 e. The number of hydrogen-bond acceptors (Lipinski definition) is 8. The van der Waals surface area contributed by atoms with Gasteiger partial charge in [-0.15, -0.1) is 10.2 Å². The van der Waals surface area contributed by atoms with Crippen LogP contribution in [-0.2, 0) is 5.75 Å². The van der Waals surface area contributed by atoms with Crippen LogP contribution >= 0.6 is 11.8 Å². The summed E-state index contributed by atoms with van der Waals surface area (Å²) in [6.07, 6.45) is 1.67. The summed E-state index contributed by atoms with van der Waals surface area (Å²) in [5.74, 6) is 3.40. The van der Waals surface area contributed by atoms with E-state index in [9.17, 15) is 4.79 Å². The van der Waals surface area contributed by atoms with Crippen molar-refractivity contribution in [2.75, 3.05) is 14.2 Å². The average molecular weight is 465 g/mol. The van der Waals surface area contributed by atoms with Gasteiger partial charge in [0.25, 0.3) is 5.56 Å². The van der Waals surface area contributed by atoms with E-state index in [1.165, 1.54) is 22.3 Å². The molecule has 0 radical (unpaired) electrons. The molecule has 0 saturated heterocycles. The number of fused-ring (bicyclic) bond motifs is 1. The van der Waals surface area contributed by atoms with E-state index in [0.717, 1.165) is 5.76 Å². The first-order valence-corrected chi connectivity index (χ1v) is 11.0. The lowest BCUT2D eigenvalue weighted by atomic mass is 10.2. The quantitative estimate of drug-likeness (QED) is 0.364. The Morgan fingerprint density at radius 3 is 2.58 bits per heavy atom. The summed E-state index contributed by atoms with van der Waals surface area (Å²) in [5, 5.41) is 12.2. The molecule has 0 atom stereocenters. The first-order chi connectivity index (χ1) is 16.1. The van der Waals surface area contributed by atoms with Gasteiger partial charge in [-0.2, -0.15) is 0 Å². The van der Waals surface area contributed by atoms with Crippen LogP contribution in [-0.4, -0.2) is 43.6 Å². The first kappa shape index (κ1) is 20.9. The molecule has 4 heterocycles. The van der Waals surface area contributed by atoms with E-state index in [-0.39, 0.29) is 5.56 Å². The van der Waals surface area contributed by atoms with Gasteiger partial charge < -0.3 is 13.9 Å². The summed E-state index contributed by atoms with van der Waals surface area (Å²) in [6.45, 7) is 1.87. The number of nitrogens with one attached hydrogen (secondary N) is 1. The van der Waals surface area contributed by atoms with Gasteiger partial charge in [0.2, 0.25) is 5.82 Å². The molecule has 0 amide bonds. The summed E-state index contributed by atoms with van der Waals surface area (Å²) in [7, 11) is 3.19. The highest BCUT2D eigenvalue weighted by Crippen LogP contribution is 2.39. The maximum Gasteiger partial charge on any atom is 0.272 e. The molecule has 5 aromatic rings. The average Bonchev–Trinajstić information content (AvgIpc) is 3.56. The number of para-hydroxylation sites is 1. The molecule has 0 aliphatic heterocycles. The molecule has 0 aliphatic rings. The molecule has 4 aromatic heterocycles. The van der Waals surface area contributed by atoms with E-state index in [0.29, 0.717) is 51.0 Å². The fourth-order valence-electron chi connectivity index (χ4n) is 3.52. The number of rotatable bonds is 7. The van der Waals surface area contributed by atoms with Crippen molar-refractivity contribution >= 4 is 17.4 Å². The van der Waals surface area contributed by atoms with Gasteiger partial charge in [-0.1, -0.05) is 17.8 Å². The Balaban J connectivity index is 1.61. The van der Waals surface area contributed by atoms with Crippen LogP contribution in [0.4, 0.5) is 0 Å². The summed E-state index contributed by atoms with van der Waals surface area (Å²) in [4.78, 5) is 16.9. The van der Waals surface area contributed by atoms with E-state index in [1.807, 2.05) is 41.8 Å². The number of thioether (sulfide) groups is 1. The third-order valence-corrected chi connectivity index (χ3v) is 5.96. The van der Waals surface area contributed by atoms with E-state index >= 15 is 0 Å². The number of aromatic amines is 1. The molecule has 0 bridgehead atoms. The van der Waals surface area contributed by atoms with Crippen molar-refractivity contribution in [1.82, 2.24) is 29.4 Å². The lowest BCUT2D eigenvalue weighted by molar-refractivity contribution is 0.390. The van der Waals surface area contributed by atoms with Gasteiger partial charge in [0.15, 0.2) is 16.6 Å². The molecular formula is C22H20N6O4S. The minimum Gasteiger partial charge on any atom is -0.494 e. The third-order valence-electron chi connectivity index (χ3n) is 5.00. The summed E-state index contributed by atoms with van der Waals surface area (Å²) >= 11 is 1.39. The highest BCUT2D eigenvalue weighted by atomic mass is 32.2. The molecule has 1 aromatic carbocycles. The number of H-pyrrole nitrogens is 1. The number of ether oxygens (including phenoxy) is 2. The lowest BCUT2D eigenvalue weighted by Crippen LogP contribution is -2.15. The second-order valence-corrected chi connectivity index (χ2v) is 8.04. The zero-order valence-electron chi connectivity index (χ0n) is 18.1. The van der Waals surface area contributed by atoms with Crippen molar-refractivity contribution in [2.45, 2.75) is 17.8 Å². The van der Waals surface area contributed by atoms with Gasteiger partial charge in [0, 0.05) is 24.1 Å². The van der Waals surface area contributed by atoms with Crippen molar-refractivity contribution in [2.24, 2.45) is 0 Å². The lowest BCUT2D eigenvalue weighted by Gasteiger charge is -2.16. The highest BCUT2D eigenvalue weighted by molar-refractivity contribution is 7.98. The van der Waals surface area contributed by atoms with Crippen molar-refractivity contribution in [3.63, 3.8) is 0 Å². The van der Waals surface area contributed by atoms with Crippen molar-refractivity contribution < 1.29 is 13.9 Å². The predicted molar refractivity (Wildman–Crippen MR) is 122 cm³/mol. The molecular weight excluding hydrogens is 444 g/mol. The van der Waals surface area contributed by atoms with Crippen LogP contribution in [0.15, 0.2) is 63.0 Å². The number of aryl methyl sites for hydroxylation is 1. The van der Waals surface area contributed by atoms with E-state index in [4.69, 9.17) is 13.9 Å². The molecule has 168 valence electrons. The topological polar surface area (TPSA) is 112 Å². The standard InChI is InChI=1S/C22H20N6O4S/c1-13-7-8-17(32-13)21-25-26-22(27(21)20-15(30-2)5-4-6-16(20)31-3)33-12-14-11-19(29)28-18(24-14)9-10-23-28/h4-11,23H,12H2,1-3H3. The number of methoxy groups -OCH3 is 2. The van der Waals surface area contributed by atoms with Crippen molar-refractivity contribution in [3.8, 4) is 28.8 Å². The molecule has 0 spiro atoms. The molecule has 5 rings (SSSR count). The Labute approximate surface area is 192 Å². The largest absolute Gasteiger partial charge is 0.494 e. The Morgan fingerprint density at radius 2 is 1.88 bits per heavy atom. The van der Waals surface area contributed by atoms with E-state index in [2.05, 4.69) is 20.3 Å². The number of furan rings is 1. The van der Waals surface area contributed by atoms with Crippen molar-refractivity contribution in [3.05, 3.63) is 70.5 Å². The molecule has 0 saturated carbocycles. The normalized spacial score (nSPS) is 11.2. The van der Waals surface area contributed by atoms with Crippen LogP contribution in [0.25, 0.3) is 22.9 Å². The molecule has 10 nitrogen and oxygen atoms in total. The fraction of sp³-hybridized carbons (Fsp3) is 0.182. The Kier molecular flexibility index (Phi) is 5.38. The minimum atomic E-state index is -0.180. The van der Waals surface area contributed by atoms with Gasteiger partial charge in [-0.05, 0) is 31.2 Å². The Hall–Kier alpha value is -3.99. The zero-order valence-corrected chi connectivity index (χ0v) is 18.9. The first-order valence-electron chi connectivity index (χ1n) is 10.0. The zero-order chi connectivity index (χ0) is 22.9. The number of aromatic nitrogens is 6. The van der Waals surface area contributed by atoms with Crippen LogP contribution < -0.4 is 15.0 Å². The molecule has 0 fully saturated rings. The molecule has 1 N–H and O–H groups in total. The van der Waals surface area contributed by atoms with Crippen LogP contribution in [0.3, 0.4) is 0 Å². The molecule has 0 aliphatic carbocycles. The summed E-state index contributed by atoms with van der Waals surface area (Å²) < 4.78 is 20.3. The molecule has 0 unspecified atom stereocenters. The summed E-state index contributed by atoms with van der Waals surface area (Å²) in [5.41, 5.74) is 1.65. The number of hydrogen-bond donors (Lipinski definition) is 1. The van der Waals surface area contributed by atoms with Gasteiger partial charge in [0.05, 0.1) is 19.9 Å². The van der Waals surface area contributed by atoms with Crippen molar-refractivity contribution in [1.29, 1.82) is 0 Å². The highest BCUT2D eigenvalue weighted by Gasteiger charge is 2.24. The maximum atomic E-state index is 12.3. The van der Waals surface area contributed by atoms with Crippen LogP contribution in [0.1, 0.15) is 11.5 Å². The Morgan fingerprint density at radius 1 is 1.09 bits per heavy atom. The molecule has 11 heteroatoms. The van der Waals surface area contributed by atoms with Gasteiger partial charge in [-0.25, -0.2) is 9.50 Å². The molecule has 33 heavy (non-hydrogen) atoms. The fourth-order valence-corrected chi connectivity index (χ4v) is 4.35. The third kappa shape index (κ3) is 3.76. The van der Waals surface area contributed by atoms with Gasteiger partial charge >= 0.3 is 0 Å². The van der Waals surface area contributed by atoms with Crippen LogP contribution in [0, 0.1) is 6.92 Å². The van der Waals surface area contributed by atoms with Crippen LogP contribution in [0.5, 0.6) is 11.5 Å². The minimum absolute atomic E-state index is 0.180. The number of nitrogens with zero attached hydrogens (tertiary/aromatic N) is 5. The second-order valence-electron chi connectivity index (χ2n) is 7.09. The van der Waals surface area contributed by atoms with E-state index in [1.54, 1.807) is 26.5 Å². The monoisotopic (exact) mass is 464 g/mol. The Bertz CT molecular complexity index is 1480. The number of benzene rings is 1. The van der Waals surface area contributed by atoms with Gasteiger partial charge in [0.1, 0.15) is 22.9 Å². The predicted octanol–water partition coefficient (Wildman–Crippen LogP) is 3.48. The van der Waals surface area contributed by atoms with E-state index < -0.39 is 0 Å². The SMILES string of the molecule is COc1cccc(OC)c1-n1c(SCc2cc(=O)n3[nH]ccc3n2)nnc1-c1ccc(C)o1.